The first-order valence-electron chi connectivity index (χ1n) is 43.0. The van der Waals surface area contributed by atoms with Gasteiger partial charge in [-0.2, -0.15) is 8.42 Å². The van der Waals surface area contributed by atoms with Gasteiger partial charge in [-0.15, -0.1) is 60.5 Å². The van der Waals surface area contributed by atoms with Gasteiger partial charge in [-0.3, -0.25) is 57.5 Å². The number of hydrogen-bond donors (Lipinski definition) is 10. The van der Waals surface area contributed by atoms with Gasteiger partial charge in [0, 0.05) is 179 Å². The first-order valence-corrected chi connectivity index (χ1v) is 50.7. The van der Waals surface area contributed by atoms with E-state index in [1.165, 1.54) is 37.6 Å². The van der Waals surface area contributed by atoms with Crippen LogP contribution in [0, 0.1) is 0 Å². The zero-order valence-electron chi connectivity index (χ0n) is 79.5. The number of benzene rings is 7. The number of alkyl halides is 1. The summed E-state index contributed by atoms with van der Waals surface area (Å²) in [6, 6.07) is 68.7. The summed E-state index contributed by atoms with van der Waals surface area (Å²) in [5, 5.41) is 31.8. The normalized spacial score (nSPS) is 12.8. The number of aliphatic hydroxyl groups is 1. The molecule has 39 heteroatoms. The molecule has 4 aromatic heterocycles. The van der Waals surface area contributed by atoms with Gasteiger partial charge in [0.15, 0.2) is 0 Å². The molecule has 14 rings (SSSR count). The minimum atomic E-state index is -4.67. The van der Waals surface area contributed by atoms with Crippen molar-refractivity contribution >= 4 is 133 Å². The van der Waals surface area contributed by atoms with Crippen molar-refractivity contribution in [2.45, 2.75) is 131 Å². The number of rotatable bonds is 27. The van der Waals surface area contributed by atoms with E-state index in [1.807, 2.05) is 160 Å². The van der Waals surface area contributed by atoms with Gasteiger partial charge in [0.2, 0.25) is 0 Å². The minimum Gasteiger partial charge on any atom is -0.870 e. The quantitative estimate of drug-likeness (QED) is 0.00571. The van der Waals surface area contributed by atoms with Gasteiger partial charge in [0.1, 0.15) is 0 Å². The second-order valence-electron chi connectivity index (χ2n) is 31.8. The molecule has 10 N–H and O–H groups in total. The van der Waals surface area contributed by atoms with E-state index in [2.05, 4.69) is 131 Å². The molecule has 0 saturated carbocycles. The summed E-state index contributed by atoms with van der Waals surface area (Å²) in [5.41, 5.74) is 13.5. The Labute approximate surface area is 876 Å². The van der Waals surface area contributed by atoms with Crippen molar-refractivity contribution in [3.05, 3.63) is 335 Å². The molecule has 7 aromatic carbocycles. The maximum Gasteiger partial charge on any atom is 1.00 e. The Morgan fingerprint density at radius 1 is 0.440 bits per heavy atom. The Kier molecular flexibility index (Phi) is 65.9. The zero-order valence-corrected chi connectivity index (χ0v) is 87.0. The molecule has 1 atom stereocenters. The van der Waals surface area contributed by atoms with Gasteiger partial charge in [0.05, 0.1) is 109 Å². The number of esters is 2. The second kappa shape index (κ2) is 71.8. The molecule has 3 aliphatic rings. The first-order chi connectivity index (χ1) is 65.5. The van der Waals surface area contributed by atoms with Crippen LogP contribution >= 0.6 is 76.5 Å². The number of aliphatic hydroxyl groups excluding tert-OH is 1. The molecule has 3 fully saturated rings. The number of thiol groups is 2. The third kappa shape index (κ3) is 54.7. The van der Waals surface area contributed by atoms with E-state index in [9.17, 15) is 33.0 Å². The number of pyridine rings is 4. The molecule has 3 saturated heterocycles. The molecule has 1 unspecified atom stereocenters. The van der Waals surface area contributed by atoms with Crippen LogP contribution in [-0.4, -0.2) is 249 Å². The van der Waals surface area contributed by atoms with E-state index in [-0.39, 0.29) is 79.6 Å². The van der Waals surface area contributed by atoms with Crippen LogP contribution in [0.4, 0.5) is 0 Å². The number of carboxylic acid groups (broad SMARTS) is 2. The van der Waals surface area contributed by atoms with Gasteiger partial charge >= 0.3 is 53.1 Å². The van der Waals surface area contributed by atoms with E-state index >= 15 is 0 Å². The van der Waals surface area contributed by atoms with Crippen molar-refractivity contribution in [1.29, 1.82) is 0 Å². The summed E-state index contributed by atoms with van der Waals surface area (Å²) >= 11 is 16.2. The van der Waals surface area contributed by atoms with Crippen molar-refractivity contribution in [1.82, 2.24) is 45.3 Å². The molecular formula is C102H132BrLiN10O20S7. The number of aromatic nitrogens is 4. The number of methoxy groups -OCH3 is 2. The summed E-state index contributed by atoms with van der Waals surface area (Å²) in [6.07, 6.45) is 14.1. The van der Waals surface area contributed by atoms with E-state index in [1.54, 1.807) is 134 Å². The predicted molar refractivity (Wildman–Crippen MR) is 565 cm³/mol. The number of carboxylic acids is 2. The Bertz CT molecular complexity index is 5530. The maximum absolute atomic E-state index is 13.0. The average Bonchev–Trinajstić information content (AvgIpc) is 0.836. The first kappa shape index (κ1) is 129. The molecule has 0 spiro atoms. The molecule has 3 aliphatic heterocycles. The van der Waals surface area contributed by atoms with Crippen molar-refractivity contribution < 1.29 is 114 Å². The number of carbonyl (C=O) groups excluding carboxylic acids is 4. The smallest absolute Gasteiger partial charge is 0.870 e. The van der Waals surface area contributed by atoms with Crippen LogP contribution in [0.1, 0.15) is 146 Å². The summed E-state index contributed by atoms with van der Waals surface area (Å²) in [4.78, 5) is 97.5. The molecule has 0 radical (unpaired) electrons. The van der Waals surface area contributed by atoms with Crippen LogP contribution in [-0.2, 0) is 73.2 Å². The zero-order chi connectivity index (χ0) is 100. The summed E-state index contributed by atoms with van der Waals surface area (Å²) < 4.78 is 69.8. The van der Waals surface area contributed by atoms with Crippen molar-refractivity contribution in [2.75, 3.05) is 120 Å². The number of ether oxygens (including phenoxy) is 5. The van der Waals surface area contributed by atoms with Gasteiger partial charge in [-0.05, 0) is 166 Å². The molecule has 2 amide bonds. The fourth-order valence-electron chi connectivity index (χ4n) is 12.7. The Morgan fingerprint density at radius 3 is 1.07 bits per heavy atom. The summed E-state index contributed by atoms with van der Waals surface area (Å²) in [7, 11) is -2.25. The van der Waals surface area contributed by atoms with Gasteiger partial charge in [-0.25, -0.2) is 19.2 Å². The fraction of sp³-hybridized carbons (Fsp3) is 0.333. The third-order valence-electron chi connectivity index (χ3n) is 18.8. The fourth-order valence-corrected chi connectivity index (χ4v) is 17.8. The van der Waals surface area contributed by atoms with Crippen LogP contribution in [0.2, 0.25) is 0 Å². The van der Waals surface area contributed by atoms with E-state index in [0.717, 1.165) is 171 Å². The molecule has 0 bridgehead atoms. The van der Waals surface area contributed by atoms with Crippen molar-refractivity contribution in [2.24, 2.45) is 5.73 Å². The Hall–Kier alpha value is -9.55. The number of thioether (sulfide) groups is 3. The van der Waals surface area contributed by atoms with Crippen molar-refractivity contribution in [3.8, 4) is 0 Å². The average molecular weight is 2130 g/mol. The molecule has 7 heterocycles. The SMILES string of the molecule is BrCc1ccccc1.C.C.CC(C)(CN1CCOCC1)NC(=O)c1ccccc1S(=O)Cc1cccnc1.CC(C)(CN1CCOCC1)NC(=O)c1ccccc1SCc1cccnc1.CC(C)(N)CN1CCOCC1.CO.COC(=O)c1ccccc1S.COC(=O)c1ccccc1SCc1cccnc1.O=C(O)c1ccccc1S.O=C(O)c1ccccc1SCc1cccnc1.O=S(=O)(O)O.[Li+].[OH-]. The Morgan fingerprint density at radius 2 is 0.730 bits per heavy atom. The molecule has 141 heavy (non-hydrogen) atoms. The number of hydrogen-bond acceptors (Lipinski definition) is 29. The number of amides is 2. The van der Waals surface area contributed by atoms with E-state index in [0.29, 0.717) is 42.7 Å². The van der Waals surface area contributed by atoms with Crippen LogP contribution < -0.4 is 35.2 Å². The number of nitrogens with two attached hydrogens (primary N) is 1. The van der Waals surface area contributed by atoms with Crippen LogP contribution in [0.25, 0.3) is 0 Å². The number of nitrogens with one attached hydrogen (secondary N) is 2. The van der Waals surface area contributed by atoms with Crippen LogP contribution in [0.15, 0.2) is 303 Å². The molecule has 760 valence electrons. The molecular weight excluding hydrogens is 2000 g/mol. The minimum absolute atomic E-state index is 0. The monoisotopic (exact) mass is 2130 g/mol. The van der Waals surface area contributed by atoms with Crippen LogP contribution in [0.5, 0.6) is 0 Å². The topological polar surface area (TPSA) is 442 Å². The van der Waals surface area contributed by atoms with E-state index in [4.69, 9.17) is 57.5 Å². The molecule has 11 aromatic rings. The number of carbonyl (C=O) groups is 6. The maximum atomic E-state index is 13.0. The van der Waals surface area contributed by atoms with E-state index < -0.39 is 38.7 Å². The third-order valence-corrected chi connectivity index (χ3v) is 25.1. The van der Waals surface area contributed by atoms with Gasteiger partial charge < -0.3 is 60.8 Å². The predicted octanol–water partition coefficient (Wildman–Crippen LogP) is 14.8. The standard InChI is InChI=1S/C21H27N3O3S.C21H27N3O2S.C14H13NO2S.C13H11NO2S.C8H18N2O.C8H8O2S.C7H7Br.C7H6O2S.CH4O.2CH4.Li.H2O4S.H2O/c1-21(2,16-24-10-12-27-13-11-24)23-20(25)18-7-3-4-8-19(18)28(26)15-17-6-5-9-22-14-17;1-21(2,16-24-10-12-26-13-11-24)23-20(25)18-7-3-4-8-19(18)27-15-17-6-5-9-22-14-17;1-17-14(16)12-6-2-3-7-13(12)18-10-11-5-4-8-15-9-11;15-13(16)11-5-1-2-6-12(11)17-9-10-4-3-7-14-8-10;1-8(2,9)7-10-3-5-11-6-4-10;1-10-8(9)6-4-2-3-5-7(6)11;8-6-7-4-2-1-3-5-7;8-7(9)5-3-1-2-4-6(5)10;1-2;;;;1-5(2,3)4;/h3-9,14H,10-13,15-16H2,1-2H3,(H,23,25);3-9,14H,10-13,15-16H2,1-2H3,(H,23,25);2-9H,10H2,1H3;1-8H,9H2,(H,15,16);3-7,9H2,1-2H3;2-5,11H,1H3;1-5H,6H2;1-4,10H,(H,8,9);2H,1H3;2*1H4;;(H2,1,2,3,4);1H2/q;;;;;;;;;;;+1;;/p-1. The summed E-state index contributed by atoms with van der Waals surface area (Å²) in [5.74, 6) is -0.0920. The van der Waals surface area contributed by atoms with Gasteiger partial charge in [0.25, 0.3) is 11.8 Å². The number of aromatic carboxylic acids is 2. The molecule has 30 nitrogen and oxygen atoms in total. The number of nitrogens with zero attached hydrogens (tertiary/aromatic N) is 7. The largest absolute Gasteiger partial charge is 1.00 e. The second-order valence-corrected chi connectivity index (χ2v) is 38.7. The molecule has 0 aliphatic carbocycles. The number of morpholine rings is 3. The van der Waals surface area contributed by atoms with Crippen LogP contribution in [0.3, 0.4) is 0 Å². The van der Waals surface area contributed by atoms with Gasteiger partial charge in [-0.1, -0.05) is 158 Å². The van der Waals surface area contributed by atoms with Crippen molar-refractivity contribution in [3.63, 3.8) is 0 Å². The Balaban J connectivity index is 0.000000819. The summed E-state index contributed by atoms with van der Waals surface area (Å²) in [6.45, 7) is 25.1. The number of halogens is 1.